The lowest BCUT2D eigenvalue weighted by Gasteiger charge is -2.37. The maximum Gasteiger partial charge on any atom is 0.306 e. The summed E-state index contributed by atoms with van der Waals surface area (Å²) in [6, 6.07) is 12.7. The minimum absolute atomic E-state index is 0.183. The summed E-state index contributed by atoms with van der Waals surface area (Å²) in [5.74, 6) is -1.35. The second-order valence-corrected chi connectivity index (χ2v) is 12.3. The van der Waals surface area contributed by atoms with Crippen LogP contribution in [0.2, 0.25) is 5.02 Å². The number of nitrogens with zero attached hydrogens (tertiary/aromatic N) is 2. The fourth-order valence-electron chi connectivity index (χ4n) is 5.77. The Kier molecular flexibility index (Phi) is 9.41. The van der Waals surface area contributed by atoms with Gasteiger partial charge in [0.05, 0.1) is 19.6 Å². The van der Waals surface area contributed by atoms with Crippen LogP contribution in [0.15, 0.2) is 42.5 Å². The predicted molar refractivity (Wildman–Crippen MR) is 154 cm³/mol. The lowest BCUT2D eigenvalue weighted by Crippen LogP contribution is -2.47. The van der Waals surface area contributed by atoms with Crippen molar-refractivity contribution in [3.63, 3.8) is 0 Å². The molecule has 1 aliphatic heterocycles. The third-order valence-corrected chi connectivity index (χ3v) is 7.83. The Morgan fingerprint density at radius 1 is 1.10 bits per heavy atom. The predicted octanol–water partition coefficient (Wildman–Crippen LogP) is 5.71. The number of fused-ring (bicyclic) bond motifs is 1. The van der Waals surface area contributed by atoms with Gasteiger partial charge in [-0.3, -0.25) is 14.4 Å². The summed E-state index contributed by atoms with van der Waals surface area (Å²) >= 11 is 6.51. The van der Waals surface area contributed by atoms with Crippen LogP contribution in [0, 0.1) is 11.3 Å². The number of carboxylic acids is 1. The van der Waals surface area contributed by atoms with Gasteiger partial charge in [0, 0.05) is 41.0 Å². The monoisotopic (exact) mass is 570 g/mol. The van der Waals surface area contributed by atoms with E-state index >= 15 is 0 Å². The molecular weight excluding hydrogens is 532 g/mol. The van der Waals surface area contributed by atoms with Gasteiger partial charge in [-0.05, 0) is 48.9 Å². The van der Waals surface area contributed by atoms with E-state index in [1.54, 1.807) is 23.0 Å². The molecule has 1 N–H and O–H groups in total. The molecule has 1 heterocycles. The smallest absolute Gasteiger partial charge is 0.306 e. The number of carbonyl (C=O) groups is 3. The number of para-hydroxylation sites is 1. The Hall–Kier alpha value is -3.10. The van der Waals surface area contributed by atoms with Crippen LogP contribution in [0.5, 0.6) is 5.75 Å². The standard InChI is InChI=1S/C31H39ClN2O6/c1-31(2,3)19-34-25-13-12-21(32)17-24(25)29(23-10-5-6-11-26(23)39-4)40-15-14-33(27(35)18-28(34)36)22-9-7-8-20(16-22)30(37)38/h5-6,10-13,17,20,22,29H,7-9,14-16,18-19H2,1-4H3,(H,37,38)/t20-,22-,29?/m1/s1. The van der Waals surface area contributed by atoms with Crippen molar-refractivity contribution in [2.75, 3.05) is 31.7 Å². The van der Waals surface area contributed by atoms with Crippen LogP contribution >= 0.6 is 11.6 Å². The Balaban J connectivity index is 1.82. The fraction of sp³-hybridized carbons (Fsp3) is 0.516. The average molecular weight is 571 g/mol. The molecule has 0 aromatic heterocycles. The van der Waals surface area contributed by atoms with Crippen molar-refractivity contribution in [1.82, 2.24) is 4.90 Å². The van der Waals surface area contributed by atoms with E-state index in [9.17, 15) is 19.5 Å². The van der Waals surface area contributed by atoms with Gasteiger partial charge in [0.2, 0.25) is 11.8 Å². The SMILES string of the molecule is COc1ccccc1C1OCCN([C@@H]2CCC[C@@H](C(=O)O)C2)C(=O)CC(=O)N(CC(C)(C)C)c2ccc(Cl)cc21. The fourth-order valence-corrected chi connectivity index (χ4v) is 5.95. The maximum absolute atomic E-state index is 13.9. The number of benzene rings is 2. The zero-order chi connectivity index (χ0) is 29.0. The number of hydrogen-bond acceptors (Lipinski definition) is 5. The molecule has 0 saturated heterocycles. The number of anilines is 1. The van der Waals surface area contributed by atoms with Crippen molar-refractivity contribution >= 4 is 35.1 Å². The first-order valence-electron chi connectivity index (χ1n) is 13.8. The number of rotatable bonds is 5. The highest BCUT2D eigenvalue weighted by Gasteiger charge is 2.36. The quantitative estimate of drug-likeness (QED) is 0.463. The molecule has 3 atom stereocenters. The third kappa shape index (κ3) is 6.96. The van der Waals surface area contributed by atoms with E-state index in [0.29, 0.717) is 54.3 Å². The molecule has 2 amide bonds. The van der Waals surface area contributed by atoms with E-state index in [1.165, 1.54) is 0 Å². The van der Waals surface area contributed by atoms with E-state index in [4.69, 9.17) is 21.1 Å². The molecule has 1 fully saturated rings. The lowest BCUT2D eigenvalue weighted by molar-refractivity contribution is -0.146. The number of methoxy groups -OCH3 is 1. The zero-order valence-electron chi connectivity index (χ0n) is 23.7. The van der Waals surface area contributed by atoms with Gasteiger partial charge in [-0.25, -0.2) is 0 Å². The minimum atomic E-state index is -0.845. The second kappa shape index (κ2) is 12.6. The molecule has 8 nitrogen and oxygen atoms in total. The van der Waals surface area contributed by atoms with Crippen LogP contribution in [0.1, 0.15) is 70.1 Å². The summed E-state index contributed by atoms with van der Waals surface area (Å²) in [4.78, 5) is 42.7. The van der Waals surface area contributed by atoms with Crippen LogP contribution in [0.25, 0.3) is 0 Å². The van der Waals surface area contributed by atoms with Crippen LogP contribution in [0.3, 0.4) is 0 Å². The summed E-state index contributed by atoms with van der Waals surface area (Å²) in [5, 5.41) is 10.1. The zero-order valence-corrected chi connectivity index (χ0v) is 24.4. The van der Waals surface area contributed by atoms with E-state index in [-0.39, 0.29) is 42.8 Å². The highest BCUT2D eigenvalue weighted by atomic mass is 35.5. The van der Waals surface area contributed by atoms with Gasteiger partial charge in [0.15, 0.2) is 0 Å². The first-order chi connectivity index (χ1) is 19.0. The van der Waals surface area contributed by atoms with Gasteiger partial charge in [0.1, 0.15) is 18.3 Å². The first-order valence-corrected chi connectivity index (χ1v) is 14.2. The Labute approximate surface area is 241 Å². The van der Waals surface area contributed by atoms with Gasteiger partial charge < -0.3 is 24.4 Å². The summed E-state index contributed by atoms with van der Waals surface area (Å²) < 4.78 is 12.2. The summed E-state index contributed by atoms with van der Waals surface area (Å²) in [7, 11) is 1.60. The van der Waals surface area contributed by atoms with Crippen molar-refractivity contribution in [2.24, 2.45) is 11.3 Å². The second-order valence-electron chi connectivity index (χ2n) is 11.9. The third-order valence-electron chi connectivity index (χ3n) is 7.59. The molecule has 2 aliphatic rings. The van der Waals surface area contributed by atoms with Crippen molar-refractivity contribution in [1.29, 1.82) is 0 Å². The first kappa shape index (κ1) is 29.9. The molecule has 0 radical (unpaired) electrons. The average Bonchev–Trinajstić information content (AvgIpc) is 2.92. The number of carbonyl (C=O) groups excluding carboxylic acids is 2. The van der Waals surface area contributed by atoms with Gasteiger partial charge in [0.25, 0.3) is 0 Å². The van der Waals surface area contributed by atoms with Crippen LogP contribution < -0.4 is 9.64 Å². The highest BCUT2D eigenvalue weighted by molar-refractivity contribution is 6.30. The highest BCUT2D eigenvalue weighted by Crippen LogP contribution is 2.40. The number of amides is 2. The van der Waals surface area contributed by atoms with Crippen LogP contribution in [-0.2, 0) is 19.1 Å². The molecule has 4 rings (SSSR count). The molecule has 2 aromatic carbocycles. The number of ether oxygens (including phenoxy) is 2. The molecule has 0 spiro atoms. The molecule has 1 aliphatic carbocycles. The molecular formula is C31H39ClN2O6. The normalized spacial score (nSPS) is 22.9. The number of halogens is 1. The Morgan fingerprint density at radius 2 is 1.85 bits per heavy atom. The maximum atomic E-state index is 13.9. The number of hydrogen-bond donors (Lipinski definition) is 1. The van der Waals surface area contributed by atoms with Gasteiger partial charge in [-0.1, -0.05) is 57.0 Å². The largest absolute Gasteiger partial charge is 0.496 e. The van der Waals surface area contributed by atoms with E-state index in [1.807, 2.05) is 57.2 Å². The van der Waals surface area contributed by atoms with Crippen LogP contribution in [-0.4, -0.2) is 60.6 Å². The van der Waals surface area contributed by atoms with Crippen molar-refractivity contribution in [3.05, 3.63) is 58.6 Å². The summed E-state index contributed by atoms with van der Waals surface area (Å²) in [5.41, 5.74) is 1.84. The van der Waals surface area contributed by atoms with Gasteiger partial charge in [-0.2, -0.15) is 0 Å². The van der Waals surface area contributed by atoms with Crippen molar-refractivity contribution < 1.29 is 29.0 Å². The number of aliphatic carboxylic acids is 1. The summed E-state index contributed by atoms with van der Waals surface area (Å²) in [6.07, 6.45) is 1.42. The molecule has 2 aromatic rings. The van der Waals surface area contributed by atoms with Crippen LogP contribution in [0.4, 0.5) is 5.69 Å². The Bertz CT molecular complexity index is 1240. The van der Waals surface area contributed by atoms with Gasteiger partial charge in [-0.15, -0.1) is 0 Å². The topological polar surface area (TPSA) is 96.4 Å². The molecule has 1 unspecified atom stereocenters. The molecule has 0 bridgehead atoms. The van der Waals surface area contributed by atoms with Crippen molar-refractivity contribution in [3.8, 4) is 5.75 Å². The molecule has 1 saturated carbocycles. The molecule has 9 heteroatoms. The number of carboxylic acid groups (broad SMARTS) is 1. The molecule has 216 valence electrons. The van der Waals surface area contributed by atoms with E-state index in [2.05, 4.69) is 0 Å². The molecule has 40 heavy (non-hydrogen) atoms. The minimum Gasteiger partial charge on any atom is -0.496 e. The van der Waals surface area contributed by atoms with E-state index < -0.39 is 18.0 Å². The lowest BCUT2D eigenvalue weighted by atomic mass is 9.85. The Morgan fingerprint density at radius 3 is 2.55 bits per heavy atom. The van der Waals surface area contributed by atoms with E-state index in [0.717, 1.165) is 5.56 Å². The van der Waals surface area contributed by atoms with Gasteiger partial charge >= 0.3 is 5.97 Å². The summed E-state index contributed by atoms with van der Waals surface area (Å²) in [6.45, 7) is 6.91. The van der Waals surface area contributed by atoms with Crippen molar-refractivity contribution in [2.45, 2.75) is 65.0 Å².